The van der Waals surface area contributed by atoms with Gasteiger partial charge in [0, 0.05) is 6.21 Å². The third kappa shape index (κ3) is 5.84. The van der Waals surface area contributed by atoms with Gasteiger partial charge in [0.25, 0.3) is 0 Å². The van der Waals surface area contributed by atoms with Gasteiger partial charge in [-0.05, 0) is 28.2 Å². The standard InChI is InChI=1S/C21H24N2O/c1-21(2,3)19-13-11-18(12-14-19)16-20(24)23-22-15-7-10-17-8-5-4-6-9-17/h4-15H,16H2,1-3H3,(H,23,24)/b10-7+,22-15-. The Morgan fingerprint density at radius 3 is 2.33 bits per heavy atom. The summed E-state index contributed by atoms with van der Waals surface area (Å²) in [5, 5.41) is 3.93. The van der Waals surface area contributed by atoms with Crippen LogP contribution in [-0.2, 0) is 16.6 Å². The fraction of sp³-hybridized carbons (Fsp3) is 0.238. The molecular formula is C21H24N2O. The number of nitrogens with zero attached hydrogens (tertiary/aromatic N) is 1. The highest BCUT2D eigenvalue weighted by Gasteiger charge is 2.13. The van der Waals surface area contributed by atoms with Crippen molar-refractivity contribution in [3.8, 4) is 0 Å². The van der Waals surface area contributed by atoms with Gasteiger partial charge in [-0.25, -0.2) is 5.43 Å². The van der Waals surface area contributed by atoms with Gasteiger partial charge in [-0.2, -0.15) is 5.10 Å². The van der Waals surface area contributed by atoms with Crippen molar-refractivity contribution >= 4 is 18.2 Å². The summed E-state index contributed by atoms with van der Waals surface area (Å²) in [7, 11) is 0. The molecule has 0 heterocycles. The first-order valence-electron chi connectivity index (χ1n) is 8.08. The van der Waals surface area contributed by atoms with Gasteiger partial charge in [0.05, 0.1) is 6.42 Å². The molecule has 0 fully saturated rings. The number of nitrogens with one attached hydrogen (secondary N) is 1. The Morgan fingerprint density at radius 2 is 1.71 bits per heavy atom. The molecule has 1 amide bonds. The molecule has 0 bridgehead atoms. The van der Waals surface area contributed by atoms with Crippen LogP contribution >= 0.6 is 0 Å². The molecule has 1 N–H and O–H groups in total. The molecule has 0 aliphatic carbocycles. The van der Waals surface area contributed by atoms with Gasteiger partial charge in [-0.1, -0.05) is 81.4 Å². The number of hydrogen-bond donors (Lipinski definition) is 1. The zero-order valence-corrected chi connectivity index (χ0v) is 14.5. The van der Waals surface area contributed by atoms with Crippen LogP contribution in [0.4, 0.5) is 0 Å². The molecular weight excluding hydrogens is 296 g/mol. The Labute approximate surface area is 144 Å². The van der Waals surface area contributed by atoms with Crippen molar-refractivity contribution in [3.63, 3.8) is 0 Å². The smallest absolute Gasteiger partial charge is 0.244 e. The zero-order valence-electron chi connectivity index (χ0n) is 14.5. The minimum absolute atomic E-state index is 0.121. The van der Waals surface area contributed by atoms with E-state index in [1.807, 2.05) is 48.5 Å². The quantitative estimate of drug-likeness (QED) is 0.646. The minimum atomic E-state index is -0.122. The molecule has 0 saturated carbocycles. The van der Waals surface area contributed by atoms with Crippen LogP contribution in [0.3, 0.4) is 0 Å². The van der Waals surface area contributed by atoms with Gasteiger partial charge in [0.1, 0.15) is 0 Å². The lowest BCUT2D eigenvalue weighted by Gasteiger charge is -2.19. The van der Waals surface area contributed by atoms with Crippen LogP contribution in [0.2, 0.25) is 0 Å². The predicted octanol–water partition coefficient (Wildman–Crippen LogP) is 4.34. The summed E-state index contributed by atoms with van der Waals surface area (Å²) in [5.41, 5.74) is 6.00. The number of hydrazone groups is 1. The molecule has 0 aliphatic rings. The van der Waals surface area contributed by atoms with Crippen molar-refractivity contribution in [2.45, 2.75) is 32.6 Å². The predicted molar refractivity (Wildman–Crippen MR) is 101 cm³/mol. The monoisotopic (exact) mass is 320 g/mol. The van der Waals surface area contributed by atoms with Crippen LogP contribution < -0.4 is 5.43 Å². The van der Waals surface area contributed by atoms with E-state index in [1.54, 1.807) is 12.3 Å². The number of rotatable bonds is 5. The first-order valence-corrected chi connectivity index (χ1v) is 8.08. The molecule has 0 saturated heterocycles. The number of amides is 1. The van der Waals surface area contributed by atoms with Gasteiger partial charge >= 0.3 is 0 Å². The normalized spacial score (nSPS) is 12.0. The molecule has 0 unspecified atom stereocenters. The molecule has 24 heavy (non-hydrogen) atoms. The number of allylic oxidation sites excluding steroid dienone is 1. The van der Waals surface area contributed by atoms with E-state index in [9.17, 15) is 4.79 Å². The molecule has 0 spiro atoms. The number of carbonyl (C=O) groups excluding carboxylic acids is 1. The highest BCUT2D eigenvalue weighted by Crippen LogP contribution is 2.22. The molecule has 0 aromatic heterocycles. The largest absolute Gasteiger partial charge is 0.273 e. The molecule has 2 rings (SSSR count). The fourth-order valence-electron chi connectivity index (χ4n) is 2.22. The summed E-state index contributed by atoms with van der Waals surface area (Å²) in [6.07, 6.45) is 5.63. The van der Waals surface area contributed by atoms with E-state index in [-0.39, 0.29) is 11.3 Å². The Morgan fingerprint density at radius 1 is 1.04 bits per heavy atom. The Hall–Kier alpha value is -2.68. The van der Waals surface area contributed by atoms with Gasteiger partial charge in [0.15, 0.2) is 0 Å². The average Bonchev–Trinajstić information content (AvgIpc) is 2.55. The van der Waals surface area contributed by atoms with Crippen LogP contribution in [0.5, 0.6) is 0 Å². The summed E-state index contributed by atoms with van der Waals surface area (Å²) in [5.74, 6) is -0.122. The van der Waals surface area contributed by atoms with Crippen LogP contribution in [-0.4, -0.2) is 12.1 Å². The summed E-state index contributed by atoms with van der Waals surface area (Å²) in [6, 6.07) is 18.1. The van der Waals surface area contributed by atoms with E-state index in [4.69, 9.17) is 0 Å². The minimum Gasteiger partial charge on any atom is -0.273 e. The second-order valence-electron chi connectivity index (χ2n) is 6.71. The topological polar surface area (TPSA) is 41.5 Å². The number of carbonyl (C=O) groups is 1. The van der Waals surface area contributed by atoms with Gasteiger partial charge in [0.2, 0.25) is 5.91 Å². The lowest BCUT2D eigenvalue weighted by atomic mass is 9.86. The third-order valence-corrected chi connectivity index (χ3v) is 3.62. The van der Waals surface area contributed by atoms with Crippen LogP contribution in [0, 0.1) is 0 Å². The fourth-order valence-corrected chi connectivity index (χ4v) is 2.22. The van der Waals surface area contributed by atoms with E-state index in [2.05, 4.69) is 43.4 Å². The molecule has 2 aromatic carbocycles. The van der Waals surface area contributed by atoms with Crippen LogP contribution in [0.15, 0.2) is 65.8 Å². The lowest BCUT2D eigenvalue weighted by Crippen LogP contribution is -2.19. The zero-order chi connectivity index (χ0) is 17.4. The van der Waals surface area contributed by atoms with E-state index in [0.717, 1.165) is 11.1 Å². The van der Waals surface area contributed by atoms with Crippen molar-refractivity contribution in [1.29, 1.82) is 0 Å². The Balaban J connectivity index is 1.81. The van der Waals surface area contributed by atoms with Crippen molar-refractivity contribution in [2.75, 3.05) is 0 Å². The van der Waals surface area contributed by atoms with Crippen LogP contribution in [0.1, 0.15) is 37.5 Å². The summed E-state index contributed by atoms with van der Waals surface area (Å²) in [4.78, 5) is 11.9. The van der Waals surface area contributed by atoms with E-state index < -0.39 is 0 Å². The van der Waals surface area contributed by atoms with Gasteiger partial charge in [-0.3, -0.25) is 4.79 Å². The number of benzene rings is 2. The van der Waals surface area contributed by atoms with Crippen LogP contribution in [0.25, 0.3) is 6.08 Å². The molecule has 124 valence electrons. The highest BCUT2D eigenvalue weighted by atomic mass is 16.2. The SMILES string of the molecule is CC(C)(C)c1ccc(CC(=O)N/N=C\C=C\c2ccccc2)cc1. The maximum absolute atomic E-state index is 11.9. The first kappa shape index (κ1) is 17.7. The second kappa shape index (κ2) is 8.25. The Bertz CT molecular complexity index is 708. The Kier molecular flexibility index (Phi) is 6.07. The average molecular weight is 320 g/mol. The summed E-state index contributed by atoms with van der Waals surface area (Å²) >= 11 is 0. The maximum atomic E-state index is 11.9. The van der Waals surface area contributed by atoms with E-state index in [0.29, 0.717) is 6.42 Å². The maximum Gasteiger partial charge on any atom is 0.244 e. The van der Waals surface area contributed by atoms with Crippen molar-refractivity contribution in [1.82, 2.24) is 5.43 Å². The van der Waals surface area contributed by atoms with Gasteiger partial charge in [-0.15, -0.1) is 0 Å². The molecule has 3 nitrogen and oxygen atoms in total. The van der Waals surface area contributed by atoms with Crippen molar-refractivity contribution < 1.29 is 4.79 Å². The van der Waals surface area contributed by atoms with Crippen molar-refractivity contribution in [2.24, 2.45) is 5.10 Å². The van der Waals surface area contributed by atoms with Crippen molar-refractivity contribution in [3.05, 3.63) is 77.4 Å². The summed E-state index contributed by atoms with van der Waals surface area (Å²) < 4.78 is 0. The number of hydrogen-bond acceptors (Lipinski definition) is 2. The lowest BCUT2D eigenvalue weighted by molar-refractivity contribution is -0.120. The van der Waals surface area contributed by atoms with E-state index >= 15 is 0 Å². The second-order valence-corrected chi connectivity index (χ2v) is 6.71. The molecule has 0 aliphatic heterocycles. The molecule has 2 aromatic rings. The molecule has 0 atom stereocenters. The molecule has 0 radical (unpaired) electrons. The van der Waals surface area contributed by atoms with E-state index in [1.165, 1.54) is 5.56 Å². The van der Waals surface area contributed by atoms with Gasteiger partial charge < -0.3 is 0 Å². The third-order valence-electron chi connectivity index (χ3n) is 3.62. The first-order chi connectivity index (χ1) is 11.4. The summed E-state index contributed by atoms with van der Waals surface area (Å²) in [6.45, 7) is 6.52. The molecule has 3 heteroatoms. The highest BCUT2D eigenvalue weighted by molar-refractivity contribution is 5.82.